The molecular weight excluding hydrogens is 196 g/mol. The normalized spacial score (nSPS) is 10.1. The number of rotatable bonds is 6. The average molecular weight is 212 g/mol. The maximum absolute atomic E-state index is 10.9. The monoisotopic (exact) mass is 212 g/mol. The lowest BCUT2D eigenvalue weighted by molar-refractivity contribution is -0.120. The fourth-order valence-corrected chi connectivity index (χ4v) is 1.79. The molecule has 0 aromatic carbocycles. The van der Waals surface area contributed by atoms with Crippen molar-refractivity contribution in [2.24, 2.45) is 0 Å². The first kappa shape index (κ1) is 11.2. The SMILES string of the molecule is CNC(=O)CCCNCc1ccsc1. The summed E-state index contributed by atoms with van der Waals surface area (Å²) in [7, 11) is 1.67. The van der Waals surface area contributed by atoms with Crippen LogP contribution in [-0.4, -0.2) is 19.5 Å². The van der Waals surface area contributed by atoms with Crippen molar-refractivity contribution in [3.8, 4) is 0 Å². The molecule has 0 fully saturated rings. The highest BCUT2D eigenvalue weighted by Gasteiger charge is 1.97. The number of nitrogens with one attached hydrogen (secondary N) is 2. The van der Waals surface area contributed by atoms with E-state index in [1.165, 1.54) is 5.56 Å². The van der Waals surface area contributed by atoms with Crippen molar-refractivity contribution in [2.75, 3.05) is 13.6 Å². The van der Waals surface area contributed by atoms with E-state index in [-0.39, 0.29) is 5.91 Å². The third kappa shape index (κ3) is 4.39. The van der Waals surface area contributed by atoms with Crippen LogP contribution in [0.5, 0.6) is 0 Å². The Hall–Kier alpha value is -0.870. The third-order valence-corrected chi connectivity index (χ3v) is 2.68. The van der Waals surface area contributed by atoms with Crippen LogP contribution < -0.4 is 10.6 Å². The molecule has 1 rings (SSSR count). The number of carbonyl (C=O) groups excluding carboxylic acids is 1. The van der Waals surface area contributed by atoms with Crippen LogP contribution >= 0.6 is 11.3 Å². The molecule has 14 heavy (non-hydrogen) atoms. The first-order valence-electron chi connectivity index (χ1n) is 4.75. The van der Waals surface area contributed by atoms with Gasteiger partial charge in [0.05, 0.1) is 0 Å². The second-order valence-corrected chi connectivity index (χ2v) is 3.87. The molecule has 0 aliphatic rings. The topological polar surface area (TPSA) is 41.1 Å². The minimum absolute atomic E-state index is 0.113. The van der Waals surface area contributed by atoms with Crippen LogP contribution in [0.25, 0.3) is 0 Å². The van der Waals surface area contributed by atoms with Gasteiger partial charge in [-0.25, -0.2) is 0 Å². The van der Waals surface area contributed by atoms with Gasteiger partial charge in [-0.05, 0) is 35.4 Å². The molecule has 0 saturated heterocycles. The van der Waals surface area contributed by atoms with Crippen molar-refractivity contribution in [1.82, 2.24) is 10.6 Å². The van der Waals surface area contributed by atoms with Gasteiger partial charge in [-0.3, -0.25) is 4.79 Å². The lowest BCUT2D eigenvalue weighted by atomic mass is 10.3. The molecule has 1 aromatic rings. The van der Waals surface area contributed by atoms with Crippen molar-refractivity contribution in [3.05, 3.63) is 22.4 Å². The maximum atomic E-state index is 10.9. The summed E-state index contributed by atoms with van der Waals surface area (Å²) in [6.45, 7) is 1.79. The first-order valence-corrected chi connectivity index (χ1v) is 5.69. The van der Waals surface area contributed by atoms with Gasteiger partial charge >= 0.3 is 0 Å². The van der Waals surface area contributed by atoms with Crippen molar-refractivity contribution < 1.29 is 4.79 Å². The number of carbonyl (C=O) groups is 1. The Morgan fingerprint density at radius 2 is 2.43 bits per heavy atom. The molecule has 0 radical (unpaired) electrons. The fourth-order valence-electron chi connectivity index (χ4n) is 1.12. The molecule has 0 saturated carbocycles. The summed E-state index contributed by atoms with van der Waals surface area (Å²) in [6.07, 6.45) is 1.50. The summed E-state index contributed by atoms with van der Waals surface area (Å²) in [5.74, 6) is 0.113. The van der Waals surface area contributed by atoms with Crippen molar-refractivity contribution in [2.45, 2.75) is 19.4 Å². The molecule has 0 aliphatic heterocycles. The number of hydrogen-bond acceptors (Lipinski definition) is 3. The lowest BCUT2D eigenvalue weighted by Gasteiger charge is -2.02. The molecule has 0 spiro atoms. The van der Waals surface area contributed by atoms with E-state index in [4.69, 9.17) is 0 Å². The van der Waals surface area contributed by atoms with E-state index < -0.39 is 0 Å². The van der Waals surface area contributed by atoms with Gasteiger partial charge < -0.3 is 10.6 Å². The molecule has 78 valence electrons. The van der Waals surface area contributed by atoms with Gasteiger partial charge in [-0.15, -0.1) is 0 Å². The van der Waals surface area contributed by atoms with Gasteiger partial charge in [0.2, 0.25) is 5.91 Å². The highest BCUT2D eigenvalue weighted by molar-refractivity contribution is 7.07. The number of hydrogen-bond donors (Lipinski definition) is 2. The van der Waals surface area contributed by atoms with Crippen LogP contribution in [0.1, 0.15) is 18.4 Å². The van der Waals surface area contributed by atoms with Crippen molar-refractivity contribution in [3.63, 3.8) is 0 Å². The summed E-state index contributed by atoms with van der Waals surface area (Å²) in [5, 5.41) is 10.1. The fraction of sp³-hybridized carbons (Fsp3) is 0.500. The third-order valence-electron chi connectivity index (χ3n) is 1.95. The molecule has 0 bridgehead atoms. The molecule has 2 N–H and O–H groups in total. The summed E-state index contributed by atoms with van der Waals surface area (Å²) in [4.78, 5) is 10.9. The Balaban J connectivity index is 1.97. The zero-order valence-corrected chi connectivity index (χ0v) is 9.19. The second kappa shape index (κ2) is 6.56. The molecule has 3 nitrogen and oxygen atoms in total. The number of amides is 1. The molecule has 0 unspecified atom stereocenters. The zero-order valence-electron chi connectivity index (χ0n) is 8.38. The van der Waals surface area contributed by atoms with E-state index in [0.717, 1.165) is 19.5 Å². The van der Waals surface area contributed by atoms with Gasteiger partial charge in [-0.2, -0.15) is 11.3 Å². The van der Waals surface area contributed by atoms with Crippen molar-refractivity contribution in [1.29, 1.82) is 0 Å². The van der Waals surface area contributed by atoms with E-state index in [1.807, 2.05) is 0 Å². The summed E-state index contributed by atoms with van der Waals surface area (Å²) in [6, 6.07) is 2.11. The smallest absolute Gasteiger partial charge is 0.219 e. The Bertz CT molecular complexity index is 259. The average Bonchev–Trinajstić information content (AvgIpc) is 2.69. The Kier molecular flexibility index (Phi) is 5.25. The van der Waals surface area contributed by atoms with Gasteiger partial charge in [0.1, 0.15) is 0 Å². The predicted octanol–water partition coefficient (Wildman–Crippen LogP) is 1.36. The second-order valence-electron chi connectivity index (χ2n) is 3.09. The van der Waals surface area contributed by atoms with Gasteiger partial charge in [0.15, 0.2) is 0 Å². The molecule has 1 aromatic heterocycles. The summed E-state index contributed by atoms with van der Waals surface area (Å²) < 4.78 is 0. The van der Waals surface area contributed by atoms with Crippen LogP contribution in [0.4, 0.5) is 0 Å². The van der Waals surface area contributed by atoms with Crippen LogP contribution in [0.2, 0.25) is 0 Å². The Morgan fingerprint density at radius 3 is 3.07 bits per heavy atom. The van der Waals surface area contributed by atoms with E-state index in [0.29, 0.717) is 6.42 Å². The van der Waals surface area contributed by atoms with E-state index in [9.17, 15) is 4.79 Å². The molecule has 1 amide bonds. The van der Waals surface area contributed by atoms with E-state index in [2.05, 4.69) is 27.5 Å². The van der Waals surface area contributed by atoms with Crippen LogP contribution in [0.3, 0.4) is 0 Å². The minimum atomic E-state index is 0.113. The van der Waals surface area contributed by atoms with E-state index >= 15 is 0 Å². The standard InChI is InChI=1S/C10H16N2OS/c1-11-10(13)3-2-5-12-7-9-4-6-14-8-9/h4,6,8,12H,2-3,5,7H2,1H3,(H,11,13). The molecule has 1 heterocycles. The highest BCUT2D eigenvalue weighted by Crippen LogP contribution is 2.04. The lowest BCUT2D eigenvalue weighted by Crippen LogP contribution is -2.20. The molecular formula is C10H16N2OS. The quantitative estimate of drug-likeness (QED) is 0.699. The Morgan fingerprint density at radius 1 is 1.57 bits per heavy atom. The summed E-state index contributed by atoms with van der Waals surface area (Å²) in [5.41, 5.74) is 1.31. The first-order chi connectivity index (χ1) is 6.83. The maximum Gasteiger partial charge on any atom is 0.219 e. The van der Waals surface area contributed by atoms with Crippen molar-refractivity contribution >= 4 is 17.2 Å². The minimum Gasteiger partial charge on any atom is -0.359 e. The molecule has 0 atom stereocenters. The Labute approximate surface area is 88.5 Å². The van der Waals surface area contributed by atoms with E-state index in [1.54, 1.807) is 18.4 Å². The van der Waals surface area contributed by atoms with Crippen LogP contribution in [-0.2, 0) is 11.3 Å². The van der Waals surface area contributed by atoms with Crippen LogP contribution in [0.15, 0.2) is 16.8 Å². The highest BCUT2D eigenvalue weighted by atomic mass is 32.1. The predicted molar refractivity (Wildman–Crippen MR) is 59.3 cm³/mol. The van der Waals surface area contributed by atoms with Gasteiger partial charge in [0, 0.05) is 20.0 Å². The summed E-state index contributed by atoms with van der Waals surface area (Å²) >= 11 is 1.71. The van der Waals surface area contributed by atoms with Gasteiger partial charge in [0.25, 0.3) is 0 Å². The zero-order chi connectivity index (χ0) is 10.2. The number of thiophene rings is 1. The largest absolute Gasteiger partial charge is 0.359 e. The van der Waals surface area contributed by atoms with Gasteiger partial charge in [-0.1, -0.05) is 0 Å². The molecule has 4 heteroatoms. The molecule has 0 aliphatic carbocycles. The van der Waals surface area contributed by atoms with Crippen LogP contribution in [0, 0.1) is 0 Å².